The number of hydrogen-bond acceptors (Lipinski definition) is 8. The number of halogens is 1. The van der Waals surface area contributed by atoms with Crippen molar-refractivity contribution in [3.8, 4) is 5.75 Å². The van der Waals surface area contributed by atoms with Crippen LogP contribution >= 0.6 is 0 Å². The van der Waals surface area contributed by atoms with Crippen LogP contribution in [0.2, 0.25) is 0 Å². The summed E-state index contributed by atoms with van der Waals surface area (Å²) in [4.78, 5) is 47.2. The number of hydrogen-bond donors (Lipinski definition) is 3. The smallest absolute Gasteiger partial charge is 0.296 e. The highest BCUT2D eigenvalue weighted by molar-refractivity contribution is 5.94. The molecule has 2 aromatic rings. The molecular formula is C24H31FN6O4. The number of ketones is 1. The van der Waals surface area contributed by atoms with Gasteiger partial charge in [-0.15, -0.1) is 0 Å². The normalized spacial score (nSPS) is 20.3. The van der Waals surface area contributed by atoms with Gasteiger partial charge in [0, 0.05) is 39.3 Å². The predicted octanol–water partition coefficient (Wildman–Crippen LogP) is 0.0414. The number of aromatic nitrogens is 2. The number of aromatic hydroxyl groups is 1. The minimum Gasteiger partial charge on any atom is -0.501 e. The van der Waals surface area contributed by atoms with Gasteiger partial charge in [0.15, 0.2) is 11.5 Å². The van der Waals surface area contributed by atoms with E-state index in [1.807, 2.05) is 25.8 Å². The molecule has 3 heterocycles. The van der Waals surface area contributed by atoms with Crippen LogP contribution in [0.1, 0.15) is 35.7 Å². The van der Waals surface area contributed by atoms with E-state index < -0.39 is 28.6 Å². The quantitative estimate of drug-likeness (QED) is 0.524. The van der Waals surface area contributed by atoms with Crippen molar-refractivity contribution in [1.29, 1.82) is 0 Å². The Balaban J connectivity index is 1.55. The van der Waals surface area contributed by atoms with Crippen LogP contribution in [0.3, 0.4) is 0 Å². The molecule has 1 amide bonds. The molecule has 3 N–H and O–H groups in total. The van der Waals surface area contributed by atoms with Crippen molar-refractivity contribution in [1.82, 2.24) is 30.0 Å². The number of rotatable bonds is 6. The number of benzene rings is 1. The van der Waals surface area contributed by atoms with Crippen LogP contribution in [0.5, 0.6) is 5.75 Å². The average molecular weight is 487 g/mol. The molecule has 188 valence electrons. The summed E-state index contributed by atoms with van der Waals surface area (Å²) in [6.07, 6.45) is 0. The van der Waals surface area contributed by atoms with Crippen molar-refractivity contribution >= 4 is 11.7 Å². The molecule has 0 bridgehead atoms. The predicted molar refractivity (Wildman–Crippen MR) is 127 cm³/mol. The molecule has 2 aliphatic rings. The highest BCUT2D eigenvalue weighted by atomic mass is 19.1. The van der Waals surface area contributed by atoms with E-state index in [0.29, 0.717) is 24.5 Å². The fourth-order valence-corrected chi connectivity index (χ4v) is 4.58. The van der Waals surface area contributed by atoms with E-state index in [1.165, 1.54) is 28.8 Å². The van der Waals surface area contributed by atoms with E-state index in [9.17, 15) is 23.9 Å². The van der Waals surface area contributed by atoms with Gasteiger partial charge in [0.25, 0.3) is 11.5 Å². The number of carbonyl (C=O) groups is 2. The van der Waals surface area contributed by atoms with Gasteiger partial charge in [0.05, 0.1) is 18.1 Å². The Morgan fingerprint density at radius 1 is 1.23 bits per heavy atom. The van der Waals surface area contributed by atoms with Crippen molar-refractivity contribution in [3.05, 3.63) is 57.5 Å². The van der Waals surface area contributed by atoms with Gasteiger partial charge in [-0.05, 0) is 38.6 Å². The Hall–Kier alpha value is -3.15. The van der Waals surface area contributed by atoms with E-state index in [4.69, 9.17) is 0 Å². The SMILES string of the molecule is CN1CCNC(C(=O)CN2CCn3c(nc(C(=O)NCc4ccc(F)cc4)c(O)c3=O)C2(C)C)C1. The van der Waals surface area contributed by atoms with E-state index in [-0.39, 0.29) is 37.2 Å². The fraction of sp³-hybridized carbons (Fsp3) is 0.500. The monoisotopic (exact) mass is 486 g/mol. The average Bonchev–Trinajstić information content (AvgIpc) is 2.82. The first-order chi connectivity index (χ1) is 16.6. The highest BCUT2D eigenvalue weighted by Gasteiger charge is 2.40. The largest absolute Gasteiger partial charge is 0.501 e. The van der Waals surface area contributed by atoms with Gasteiger partial charge in [-0.1, -0.05) is 12.1 Å². The zero-order valence-electron chi connectivity index (χ0n) is 20.2. The summed E-state index contributed by atoms with van der Waals surface area (Å²) in [7, 11) is 1.98. The summed E-state index contributed by atoms with van der Waals surface area (Å²) in [6.45, 7) is 6.85. The molecule has 10 nitrogen and oxygen atoms in total. The van der Waals surface area contributed by atoms with Crippen molar-refractivity contribution in [3.63, 3.8) is 0 Å². The second-order valence-electron chi connectivity index (χ2n) is 9.61. The van der Waals surface area contributed by atoms with Gasteiger partial charge in [0.2, 0.25) is 5.75 Å². The number of Topliss-reactive ketones (excluding diaryl/α,β-unsaturated/α-hetero) is 1. The molecule has 35 heavy (non-hydrogen) atoms. The van der Waals surface area contributed by atoms with Gasteiger partial charge >= 0.3 is 0 Å². The first-order valence-electron chi connectivity index (χ1n) is 11.6. The molecule has 1 aromatic carbocycles. The lowest BCUT2D eigenvalue weighted by Gasteiger charge is -2.43. The summed E-state index contributed by atoms with van der Waals surface area (Å²) in [6, 6.07) is 5.35. The van der Waals surface area contributed by atoms with Gasteiger partial charge < -0.3 is 20.6 Å². The first-order valence-corrected chi connectivity index (χ1v) is 11.6. The fourth-order valence-electron chi connectivity index (χ4n) is 4.58. The zero-order chi connectivity index (χ0) is 25.3. The Kier molecular flexibility index (Phi) is 7.02. The van der Waals surface area contributed by atoms with E-state index >= 15 is 0 Å². The number of amides is 1. The van der Waals surface area contributed by atoms with E-state index in [0.717, 1.165) is 13.1 Å². The molecule has 1 saturated heterocycles. The van der Waals surface area contributed by atoms with Crippen LogP contribution in [-0.2, 0) is 23.4 Å². The maximum Gasteiger partial charge on any atom is 0.296 e. The molecule has 0 saturated carbocycles. The highest BCUT2D eigenvalue weighted by Crippen LogP contribution is 2.30. The van der Waals surface area contributed by atoms with Crippen LogP contribution in [0.25, 0.3) is 0 Å². The molecule has 1 atom stereocenters. The van der Waals surface area contributed by atoms with Crippen LogP contribution in [-0.4, -0.2) is 82.0 Å². The van der Waals surface area contributed by atoms with Crippen LogP contribution < -0.4 is 16.2 Å². The summed E-state index contributed by atoms with van der Waals surface area (Å²) in [5.74, 6) is -1.47. The number of carbonyl (C=O) groups excluding carboxylic acids is 2. The Labute approximate surface area is 202 Å². The summed E-state index contributed by atoms with van der Waals surface area (Å²) in [5, 5.41) is 16.3. The summed E-state index contributed by atoms with van der Waals surface area (Å²) in [5.41, 5.74) is -1.26. The standard InChI is InChI=1S/C24H31FN6O4/c1-24(2)23-28-19(21(34)27-12-15-4-6-16(25)7-5-15)20(33)22(35)31(23)11-10-30(24)14-18(32)17-13-29(3)9-8-26-17/h4-7,17,26,33H,8-14H2,1-3H3,(H,27,34). The van der Waals surface area contributed by atoms with Crippen molar-refractivity contribution in [2.45, 2.75) is 38.5 Å². The Morgan fingerprint density at radius 2 is 1.94 bits per heavy atom. The first kappa shape index (κ1) is 25.0. The van der Waals surface area contributed by atoms with Crippen molar-refractivity contribution < 1.29 is 19.1 Å². The number of piperazine rings is 1. The van der Waals surface area contributed by atoms with Gasteiger partial charge in [0.1, 0.15) is 11.6 Å². The molecule has 4 rings (SSSR count). The molecule has 0 aliphatic carbocycles. The second-order valence-corrected chi connectivity index (χ2v) is 9.61. The minimum absolute atomic E-state index is 0.0523. The number of nitrogens with zero attached hydrogens (tertiary/aromatic N) is 4. The number of nitrogens with one attached hydrogen (secondary N) is 2. The Bertz CT molecular complexity index is 1180. The molecule has 1 unspecified atom stereocenters. The minimum atomic E-state index is -0.840. The van der Waals surface area contributed by atoms with E-state index in [1.54, 1.807) is 0 Å². The lowest BCUT2D eigenvalue weighted by atomic mass is 9.96. The van der Waals surface area contributed by atoms with Crippen molar-refractivity contribution in [2.24, 2.45) is 0 Å². The van der Waals surface area contributed by atoms with Gasteiger partial charge in [-0.3, -0.25) is 23.9 Å². The maximum atomic E-state index is 13.1. The van der Waals surface area contributed by atoms with Crippen LogP contribution in [0.15, 0.2) is 29.1 Å². The molecular weight excluding hydrogens is 455 g/mol. The number of fused-ring (bicyclic) bond motifs is 1. The van der Waals surface area contributed by atoms with Crippen LogP contribution in [0, 0.1) is 5.82 Å². The molecule has 1 aromatic heterocycles. The molecule has 2 aliphatic heterocycles. The molecule has 0 spiro atoms. The van der Waals surface area contributed by atoms with Crippen LogP contribution in [0.4, 0.5) is 4.39 Å². The molecule has 11 heteroatoms. The lowest BCUT2D eigenvalue weighted by Crippen LogP contribution is -2.58. The maximum absolute atomic E-state index is 13.1. The van der Waals surface area contributed by atoms with Gasteiger partial charge in [-0.2, -0.15) is 0 Å². The number of likely N-dealkylation sites (N-methyl/N-ethyl adjacent to an activating group) is 1. The summed E-state index contributed by atoms with van der Waals surface area (Å²) >= 11 is 0. The lowest BCUT2D eigenvalue weighted by molar-refractivity contribution is -0.125. The van der Waals surface area contributed by atoms with Gasteiger partial charge in [-0.25, -0.2) is 9.37 Å². The zero-order valence-corrected chi connectivity index (χ0v) is 20.2. The summed E-state index contributed by atoms with van der Waals surface area (Å²) < 4.78 is 14.5. The van der Waals surface area contributed by atoms with Crippen molar-refractivity contribution in [2.75, 3.05) is 39.8 Å². The third kappa shape index (κ3) is 5.12. The van der Waals surface area contributed by atoms with E-state index in [2.05, 4.69) is 20.5 Å². The Morgan fingerprint density at radius 3 is 2.63 bits per heavy atom. The third-order valence-electron chi connectivity index (χ3n) is 6.77. The second kappa shape index (κ2) is 9.84. The molecule has 0 radical (unpaired) electrons. The topological polar surface area (TPSA) is 120 Å². The molecule has 1 fully saturated rings. The third-order valence-corrected chi connectivity index (χ3v) is 6.77.